The number of hydrogen-bond acceptors (Lipinski definition) is 14. The average molecular weight is 1660 g/mol. The van der Waals surface area contributed by atoms with Gasteiger partial charge in [-0.25, -0.2) is 0 Å². The van der Waals surface area contributed by atoms with E-state index in [1.807, 2.05) is 225 Å². The van der Waals surface area contributed by atoms with Crippen LogP contribution in [-0.2, 0) is 29.1 Å². The lowest BCUT2D eigenvalue weighted by Crippen LogP contribution is -2.27. The van der Waals surface area contributed by atoms with Crippen molar-refractivity contribution in [3.63, 3.8) is 0 Å². The third-order valence-electron chi connectivity index (χ3n) is 22.4. The Morgan fingerprint density at radius 2 is 0.811 bits per heavy atom. The zero-order valence-electron chi connectivity index (χ0n) is 67.9. The average Bonchev–Trinajstić information content (AvgIpc) is 1.67. The lowest BCUT2D eigenvalue weighted by atomic mass is 10.0. The number of amides is 2. The van der Waals surface area contributed by atoms with Gasteiger partial charge in [-0.15, -0.1) is 21.3 Å². The SMILES string of the molecule is CC#Cc1ccccc1C(=O)N(C)c1cc2ccc3c4cc(Cl)ccc4[nH]c3c2c(N=Nc2ccc(N(c3ccc(N=Nc4c(OC)c(CON(C)c5ccccc5CC)cc5ccc6c7cc(Cl)ccc7[nH]c6c45)cc3)c3ccc(N=Nc4c(OC)c(N(C(C)=O)c5ccccc5CC)cc5ccc6c7cc(Cl)ccc7[nH]c6c45)cc3)cc2)c1OC. The molecule has 0 spiro atoms. The second-order valence-corrected chi connectivity index (χ2v) is 30.8. The van der Waals surface area contributed by atoms with Crippen LogP contribution in [0.5, 0.6) is 17.2 Å². The second-order valence-electron chi connectivity index (χ2n) is 29.5. The summed E-state index contributed by atoms with van der Waals surface area (Å²) in [6.07, 6.45) is 1.51. The highest BCUT2D eigenvalue weighted by Crippen LogP contribution is 2.53. The minimum absolute atomic E-state index is 0.161. The van der Waals surface area contributed by atoms with E-state index >= 15 is 0 Å². The molecule has 0 saturated heterocycles. The van der Waals surface area contributed by atoms with E-state index in [0.717, 1.165) is 149 Å². The fourth-order valence-corrected chi connectivity index (χ4v) is 17.2. The number of carbonyl (C=O) groups excluding carboxylic acids is 2. The molecular weight excluding hydrogens is 1590 g/mol. The Balaban J connectivity index is 0.755. The van der Waals surface area contributed by atoms with Crippen molar-refractivity contribution in [2.45, 2.75) is 47.1 Å². The van der Waals surface area contributed by atoms with Crippen LogP contribution in [0, 0.1) is 11.8 Å². The summed E-state index contributed by atoms with van der Waals surface area (Å²) in [7, 11) is 8.42. The van der Waals surface area contributed by atoms with Crippen LogP contribution in [0.1, 0.15) is 60.3 Å². The summed E-state index contributed by atoms with van der Waals surface area (Å²) in [6.45, 7) is 7.65. The Morgan fingerprint density at radius 3 is 1.25 bits per heavy atom. The van der Waals surface area contributed by atoms with Gasteiger partial charge in [-0.2, -0.15) is 15.3 Å². The zero-order chi connectivity index (χ0) is 84.1. The van der Waals surface area contributed by atoms with E-state index in [0.29, 0.717) is 95.4 Å². The molecule has 0 fully saturated rings. The number of rotatable bonds is 22. The maximum absolute atomic E-state index is 14.7. The summed E-state index contributed by atoms with van der Waals surface area (Å²) in [5, 5.41) is 44.4. The van der Waals surface area contributed by atoms with Crippen molar-refractivity contribution in [3.05, 3.63) is 298 Å². The van der Waals surface area contributed by atoms with E-state index in [9.17, 15) is 9.59 Å². The molecule has 15 aromatic carbocycles. The summed E-state index contributed by atoms with van der Waals surface area (Å²) in [6, 6.07) is 82.3. The Hall–Kier alpha value is -14.4. The van der Waals surface area contributed by atoms with Gasteiger partial charge in [0.05, 0.1) is 83.3 Å². The molecule has 0 aliphatic carbocycles. The van der Waals surface area contributed by atoms with E-state index < -0.39 is 0 Å². The quantitative estimate of drug-likeness (QED) is 0.0337. The zero-order valence-corrected chi connectivity index (χ0v) is 70.2. The number of aryl methyl sites for hydroxylation is 2. The van der Waals surface area contributed by atoms with Crippen LogP contribution in [0.3, 0.4) is 0 Å². The van der Waals surface area contributed by atoms with Crippen LogP contribution < -0.4 is 34.0 Å². The first-order chi connectivity index (χ1) is 59.5. The number of hydroxylamine groups is 1. The number of nitrogens with zero attached hydrogens (tertiary/aromatic N) is 10. The van der Waals surface area contributed by atoms with Gasteiger partial charge >= 0.3 is 0 Å². The number of hydrogen-bond donors (Lipinski definition) is 3. The first-order valence-electron chi connectivity index (χ1n) is 39.7. The monoisotopic (exact) mass is 1660 g/mol. The van der Waals surface area contributed by atoms with Crippen molar-refractivity contribution >= 4 is 218 Å². The van der Waals surface area contributed by atoms with Crippen molar-refractivity contribution in [1.82, 2.24) is 15.0 Å². The van der Waals surface area contributed by atoms with E-state index in [1.165, 1.54) is 0 Å². The van der Waals surface area contributed by atoms with Crippen molar-refractivity contribution in [2.75, 3.05) is 55.2 Å². The topological polar surface area (TPSA) is 206 Å². The van der Waals surface area contributed by atoms with Gasteiger partial charge in [0, 0.05) is 129 Å². The number of carbonyl (C=O) groups is 2. The summed E-state index contributed by atoms with van der Waals surface area (Å²) in [5.74, 6) is 6.71. The molecule has 18 aromatic rings. The molecule has 0 aliphatic heterocycles. The van der Waals surface area contributed by atoms with Gasteiger partial charge in [0.2, 0.25) is 5.91 Å². The molecule has 0 aliphatic rings. The molecule has 3 heterocycles. The van der Waals surface area contributed by atoms with E-state index in [4.69, 9.17) is 84.5 Å². The van der Waals surface area contributed by atoms with E-state index in [-0.39, 0.29) is 18.4 Å². The Morgan fingerprint density at radius 1 is 0.410 bits per heavy atom. The molecule has 2 amide bonds. The van der Waals surface area contributed by atoms with Crippen molar-refractivity contribution in [3.8, 4) is 29.1 Å². The highest BCUT2D eigenvalue weighted by molar-refractivity contribution is 6.34. The molecule has 0 atom stereocenters. The minimum atomic E-state index is -0.291. The van der Waals surface area contributed by atoms with Crippen LogP contribution in [-0.4, -0.2) is 62.2 Å². The number of nitrogens with one attached hydrogen (secondary N) is 3. The molecule has 600 valence electrons. The van der Waals surface area contributed by atoms with Crippen LogP contribution in [0.4, 0.5) is 73.9 Å². The predicted molar refractivity (Wildman–Crippen MR) is 498 cm³/mol. The maximum atomic E-state index is 14.7. The molecule has 22 heteroatoms. The molecule has 0 unspecified atom stereocenters. The molecule has 18 rings (SSSR count). The number of azo groups is 3. The summed E-state index contributed by atoms with van der Waals surface area (Å²) < 4.78 is 19.1. The van der Waals surface area contributed by atoms with Crippen LogP contribution >= 0.6 is 34.8 Å². The first kappa shape index (κ1) is 78.8. The smallest absolute Gasteiger partial charge is 0.259 e. The normalized spacial score (nSPS) is 11.8. The van der Waals surface area contributed by atoms with Crippen molar-refractivity contribution in [1.29, 1.82) is 0 Å². The van der Waals surface area contributed by atoms with Gasteiger partial charge in [0.25, 0.3) is 5.91 Å². The molecule has 0 radical (unpaired) electrons. The van der Waals surface area contributed by atoms with Crippen molar-refractivity contribution in [2.24, 2.45) is 30.7 Å². The highest BCUT2D eigenvalue weighted by atomic mass is 35.5. The maximum Gasteiger partial charge on any atom is 0.259 e. The first-order valence-corrected chi connectivity index (χ1v) is 40.9. The van der Waals surface area contributed by atoms with Crippen LogP contribution in [0.2, 0.25) is 15.1 Å². The number of ether oxygens (including phenoxy) is 3. The lowest BCUT2D eigenvalue weighted by Gasteiger charge is -2.27. The molecule has 122 heavy (non-hydrogen) atoms. The number of H-pyrrole nitrogens is 3. The summed E-state index contributed by atoms with van der Waals surface area (Å²) in [4.78, 5) is 51.8. The number of methoxy groups -OCH3 is 3. The largest absolute Gasteiger partial charge is 0.494 e. The van der Waals surface area contributed by atoms with Crippen molar-refractivity contribution < 1.29 is 28.6 Å². The predicted octanol–water partition coefficient (Wildman–Crippen LogP) is 28.8. The molecule has 0 bridgehead atoms. The Kier molecular flexibility index (Phi) is 21.4. The molecular formula is C100H78Cl3N13O6. The van der Waals surface area contributed by atoms with Gasteiger partial charge in [-0.1, -0.05) is 139 Å². The van der Waals surface area contributed by atoms with Crippen LogP contribution in [0.25, 0.3) is 97.7 Å². The van der Waals surface area contributed by atoms with Gasteiger partial charge < -0.3 is 39.0 Å². The third-order valence-corrected chi connectivity index (χ3v) is 23.1. The minimum Gasteiger partial charge on any atom is -0.494 e. The molecule has 3 N–H and O–H groups in total. The highest BCUT2D eigenvalue weighted by Gasteiger charge is 2.30. The number of aromatic amines is 3. The fourth-order valence-electron chi connectivity index (χ4n) is 16.7. The number of fused-ring (bicyclic) bond motifs is 15. The van der Waals surface area contributed by atoms with E-state index in [1.54, 1.807) is 63.2 Å². The molecule has 0 saturated carbocycles. The number of aromatic nitrogens is 3. The van der Waals surface area contributed by atoms with Gasteiger partial charge in [0.15, 0.2) is 17.2 Å². The number of benzene rings is 15. The number of anilines is 7. The fraction of sp³-hybridized carbons (Fsp3) is 0.120. The van der Waals surface area contributed by atoms with Gasteiger partial charge in [-0.3, -0.25) is 24.4 Å². The standard InChI is InChI=1S/C100H78Cl3N13O6/c1-10-19-60-22-13-16-23-74(60)100(118)113(5)86-51-62-27-45-76-79-54-66(102)30-48-82(79)105-92(76)89(62)95(98(86)120-8)111-108-69-34-40-72(41-35-69)116(71-38-32-68(33-39-71)107-110-94-88-61(26-44-75-78-53-65(101)29-47-81(78)104-91(75)88)50-64(97(94)119-7)56-122-114(6)84-24-17-14-20-58(84)11-2)73-42-36-70(37-43-73)109-112-96-90-63(28-46-77-80-55-67(103)31-49-83(80)106-93(77)90)52-87(99(96)121-9)115(57(4)117)85-25-18-15-21-59(85)12-3/h13-18,20-55,104-106H,11-12,56H2,1-9H3. The van der Waals surface area contributed by atoms with Gasteiger partial charge in [-0.05, 0) is 217 Å². The number of para-hydroxylation sites is 2. The van der Waals surface area contributed by atoms with E-state index in [2.05, 4.69) is 75.9 Å². The molecule has 19 nitrogen and oxygen atoms in total. The number of halogens is 3. The summed E-state index contributed by atoms with van der Waals surface area (Å²) >= 11 is 20.0. The Labute approximate surface area is 717 Å². The third kappa shape index (κ3) is 14.4. The Bertz CT molecular complexity index is 7430. The summed E-state index contributed by atoms with van der Waals surface area (Å²) in [5.41, 5.74) is 16.8. The lowest BCUT2D eigenvalue weighted by molar-refractivity contribution is -0.115. The second kappa shape index (κ2) is 33.1. The van der Waals surface area contributed by atoms with Crippen LogP contribution in [0.15, 0.2) is 285 Å². The molecule has 3 aromatic heterocycles. The van der Waals surface area contributed by atoms with Gasteiger partial charge in [0.1, 0.15) is 23.7 Å².